The zero-order valence-corrected chi connectivity index (χ0v) is 7.16. The maximum atomic E-state index is 7.75. The molecule has 0 saturated carbocycles. The van der Waals surface area contributed by atoms with Gasteiger partial charge in [-0.2, -0.15) is 0 Å². The molecule has 0 aliphatic carbocycles. The summed E-state index contributed by atoms with van der Waals surface area (Å²) in [5, 5.41) is 0. The van der Waals surface area contributed by atoms with Gasteiger partial charge in [0.05, 0.1) is 0 Å². The molecule has 0 aromatic heterocycles. The molecule has 1 radical (unpaired) electrons. The maximum Gasteiger partial charge on any atom is 0 e. The van der Waals surface area contributed by atoms with Crippen molar-refractivity contribution in [2.75, 3.05) is 0 Å². The summed E-state index contributed by atoms with van der Waals surface area (Å²) in [5.74, 6) is 0. The van der Waals surface area contributed by atoms with E-state index < -0.39 is 0 Å². The van der Waals surface area contributed by atoms with Crippen molar-refractivity contribution in [3.63, 3.8) is 0 Å². The first-order valence-electron chi connectivity index (χ1n) is 1.41. The molecule has 0 bridgehead atoms. The van der Waals surface area contributed by atoms with Crippen molar-refractivity contribution in [3.8, 4) is 0 Å². The van der Waals surface area contributed by atoms with Gasteiger partial charge in [-0.1, -0.05) is 0 Å². The summed E-state index contributed by atoms with van der Waals surface area (Å²) < 4.78 is 0. The monoisotopic (exact) mass is 237 g/mol. The molecule has 0 N–H and O–H groups in total. The Morgan fingerprint density at radius 1 is 0.308 bits per heavy atom. The van der Waals surface area contributed by atoms with Crippen molar-refractivity contribution in [2.45, 2.75) is 0 Å². The molecule has 0 aromatic rings. The van der Waals surface area contributed by atoms with E-state index >= 15 is 0 Å². The van der Waals surface area contributed by atoms with Crippen molar-refractivity contribution in [3.05, 3.63) is 0 Å². The summed E-state index contributed by atoms with van der Waals surface area (Å²) in [5.41, 5.74) is 0. The topological polar surface area (TPSA) is 102 Å². The standard InChI is InChI=1S/6CHO.Cu/c6*1-2;/h6*1H;/q6*-1;. The van der Waals surface area contributed by atoms with E-state index in [0.717, 1.165) is 0 Å². The first kappa shape index (κ1) is 62.2. The Morgan fingerprint density at radius 2 is 0.308 bits per heavy atom. The van der Waals surface area contributed by atoms with Crippen molar-refractivity contribution in [1.82, 2.24) is 0 Å². The van der Waals surface area contributed by atoms with Gasteiger partial charge in [-0.15, -0.1) is 0 Å². The van der Waals surface area contributed by atoms with E-state index in [1.54, 1.807) is 0 Å². The van der Waals surface area contributed by atoms with Gasteiger partial charge in [0.1, 0.15) is 0 Å². The van der Waals surface area contributed by atoms with Crippen LogP contribution in [0.4, 0.5) is 0 Å². The van der Waals surface area contributed by atoms with E-state index in [2.05, 4.69) is 40.7 Å². The summed E-state index contributed by atoms with van der Waals surface area (Å²) in [7, 11) is 0. The van der Waals surface area contributed by atoms with E-state index in [9.17, 15) is 0 Å². The predicted octanol–water partition coefficient (Wildman–Crippen LogP) is -1.65. The Hall–Kier alpha value is -1.46. The molecule has 0 fully saturated rings. The van der Waals surface area contributed by atoms with Gasteiger partial charge in [-0.25, -0.2) is 0 Å². The number of hydrogen-bond donors (Lipinski definition) is 0. The SMILES string of the molecule is [CH-]=O.[CH-]=O.[CH-]=O.[CH-]=O.[CH-]=O.[CH-]=O.[Cu]. The fraction of sp³-hybridized carbons (Fsp3) is 0. The van der Waals surface area contributed by atoms with Gasteiger partial charge in [0.2, 0.25) is 0 Å². The van der Waals surface area contributed by atoms with Crippen molar-refractivity contribution < 1.29 is 45.8 Å². The molecular formula is C6H6CuO6-6. The molecule has 0 heterocycles. The molecule has 0 rings (SSSR count). The second-order valence-electron chi connectivity index (χ2n) is 0. The zero-order chi connectivity index (χ0) is 12.0. The van der Waals surface area contributed by atoms with E-state index in [1.165, 1.54) is 0 Å². The molecule has 0 saturated heterocycles. The van der Waals surface area contributed by atoms with Gasteiger partial charge in [-0.05, 0) is 0 Å². The van der Waals surface area contributed by atoms with Crippen molar-refractivity contribution in [1.29, 1.82) is 0 Å². The summed E-state index contributed by atoms with van der Waals surface area (Å²) in [6, 6.07) is 0. The van der Waals surface area contributed by atoms with Crippen LogP contribution >= 0.6 is 0 Å². The second-order valence-corrected chi connectivity index (χ2v) is 0. The van der Waals surface area contributed by atoms with Crippen molar-refractivity contribution in [2.24, 2.45) is 0 Å². The summed E-state index contributed by atoms with van der Waals surface area (Å²) in [4.78, 5) is 46.5. The van der Waals surface area contributed by atoms with Crippen LogP contribution < -0.4 is 0 Å². The predicted molar refractivity (Wildman–Crippen MR) is 40.5 cm³/mol. The molecule has 0 atom stereocenters. The third kappa shape index (κ3) is 360. The van der Waals surface area contributed by atoms with Crippen LogP contribution in [-0.2, 0) is 45.8 Å². The molecule has 0 aliphatic heterocycles. The summed E-state index contributed by atoms with van der Waals surface area (Å²) >= 11 is 0. The molecule has 0 aliphatic rings. The number of rotatable bonds is 0. The largest absolute Gasteiger partial charge is 0.545 e. The Morgan fingerprint density at radius 3 is 0.308 bits per heavy atom. The minimum Gasteiger partial charge on any atom is -0.545 e. The van der Waals surface area contributed by atoms with Crippen molar-refractivity contribution >= 4 is 40.7 Å². The van der Waals surface area contributed by atoms with Gasteiger partial charge in [0.15, 0.2) is 0 Å². The van der Waals surface area contributed by atoms with Crippen LogP contribution in [0.15, 0.2) is 0 Å². The Balaban J connectivity index is -0.00000000655. The van der Waals surface area contributed by atoms with Crippen LogP contribution in [0.2, 0.25) is 0 Å². The fourth-order valence-electron chi connectivity index (χ4n) is 0. The average Bonchev–Trinajstić information content (AvgIpc) is 2.33. The fourth-order valence-corrected chi connectivity index (χ4v) is 0. The van der Waals surface area contributed by atoms with E-state index in [4.69, 9.17) is 28.8 Å². The van der Waals surface area contributed by atoms with Crippen LogP contribution in [0.3, 0.4) is 0 Å². The Kier molecular flexibility index (Phi) is 2150. The van der Waals surface area contributed by atoms with E-state index in [1.807, 2.05) is 0 Å². The first-order chi connectivity index (χ1) is 6.00. The van der Waals surface area contributed by atoms with Gasteiger partial charge in [-0.3, -0.25) is 40.7 Å². The quantitative estimate of drug-likeness (QED) is 0.284. The second kappa shape index (κ2) is 450. The number of hydrogen-bond acceptors (Lipinski definition) is 6. The van der Waals surface area contributed by atoms with Crippen LogP contribution in [0, 0.1) is 0 Å². The smallest absolute Gasteiger partial charge is 0 e. The third-order valence-electron chi connectivity index (χ3n) is 0. The van der Waals surface area contributed by atoms with E-state index in [0.29, 0.717) is 0 Å². The molecular weight excluding hydrogens is 232 g/mol. The Bertz CT molecular complexity index is 32.6. The molecule has 0 aromatic carbocycles. The van der Waals surface area contributed by atoms with Crippen LogP contribution in [0.1, 0.15) is 0 Å². The molecule has 83 valence electrons. The van der Waals surface area contributed by atoms with Gasteiger partial charge >= 0.3 is 0 Å². The summed E-state index contributed by atoms with van der Waals surface area (Å²) in [6.07, 6.45) is 0. The normalized spacial score (nSPS) is 1.85. The summed E-state index contributed by atoms with van der Waals surface area (Å²) in [6.45, 7) is 19.5. The molecule has 0 spiro atoms. The van der Waals surface area contributed by atoms with Gasteiger partial charge in [0, 0.05) is 17.1 Å². The molecule has 0 amide bonds. The number of carbonyl (C=O) groups excluding carboxylic acids is 6. The molecule has 7 heteroatoms. The van der Waals surface area contributed by atoms with Gasteiger partial charge in [0.25, 0.3) is 0 Å². The molecule has 13 heavy (non-hydrogen) atoms. The average molecular weight is 238 g/mol. The van der Waals surface area contributed by atoms with Crippen LogP contribution in [0.25, 0.3) is 0 Å². The molecule has 6 nitrogen and oxygen atoms in total. The Labute approximate surface area is 87.2 Å². The minimum absolute atomic E-state index is 0. The van der Waals surface area contributed by atoms with E-state index in [-0.39, 0.29) is 17.1 Å². The third-order valence-corrected chi connectivity index (χ3v) is 0. The van der Waals surface area contributed by atoms with Crippen LogP contribution in [-0.4, -0.2) is 40.7 Å². The van der Waals surface area contributed by atoms with Gasteiger partial charge < -0.3 is 28.8 Å². The van der Waals surface area contributed by atoms with Crippen LogP contribution in [0.5, 0.6) is 0 Å². The molecule has 0 unspecified atom stereocenters. The zero-order valence-electron chi connectivity index (χ0n) is 6.22. The first-order valence-corrected chi connectivity index (χ1v) is 1.41. The minimum atomic E-state index is 0. The maximum absolute atomic E-state index is 7.75.